The van der Waals surface area contributed by atoms with Gasteiger partial charge in [0, 0.05) is 22.6 Å². The van der Waals surface area contributed by atoms with E-state index in [-0.39, 0.29) is 11.8 Å². The fourth-order valence-electron chi connectivity index (χ4n) is 4.88. The molecule has 1 saturated heterocycles. The van der Waals surface area contributed by atoms with E-state index in [2.05, 4.69) is 76.9 Å². The molecule has 6 nitrogen and oxygen atoms in total. The van der Waals surface area contributed by atoms with Crippen LogP contribution >= 0.6 is 0 Å². The number of rotatable bonds is 5. The minimum atomic E-state index is 0.134. The molecule has 3 aromatic carbocycles. The quantitative estimate of drug-likeness (QED) is 0.342. The number of likely N-dealkylation sites (tertiary alicyclic amines) is 1. The van der Waals surface area contributed by atoms with E-state index in [9.17, 15) is 4.79 Å². The third kappa shape index (κ3) is 5.86. The summed E-state index contributed by atoms with van der Waals surface area (Å²) in [6.45, 7) is 4.77. The summed E-state index contributed by atoms with van der Waals surface area (Å²) in [5.74, 6) is 1.18. The Balaban J connectivity index is 0.000000171. The van der Waals surface area contributed by atoms with Crippen molar-refractivity contribution < 1.29 is 9.53 Å². The molecule has 2 fully saturated rings. The molecule has 1 aliphatic carbocycles. The number of nitrogens with one attached hydrogen (secondary N) is 2. The lowest BCUT2D eigenvalue weighted by Crippen LogP contribution is -2.38. The number of ether oxygens (including phenoxy) is 1. The molecule has 0 unspecified atom stereocenters. The lowest BCUT2D eigenvalue weighted by atomic mass is 9.74. The molecule has 0 radical (unpaired) electrons. The van der Waals surface area contributed by atoms with Crippen molar-refractivity contribution in [3.8, 4) is 17.0 Å². The van der Waals surface area contributed by atoms with Crippen LogP contribution in [0.5, 0.6) is 5.75 Å². The van der Waals surface area contributed by atoms with E-state index in [4.69, 9.17) is 4.74 Å². The van der Waals surface area contributed by atoms with Gasteiger partial charge in [0.1, 0.15) is 5.75 Å². The summed E-state index contributed by atoms with van der Waals surface area (Å²) in [5, 5.41) is 11.7. The molecule has 1 aromatic heterocycles. The fraction of sp³-hybridized carbons (Fsp3) is 0.355. The molecule has 1 aliphatic heterocycles. The van der Waals surface area contributed by atoms with Gasteiger partial charge >= 0.3 is 0 Å². The highest BCUT2D eigenvalue weighted by Crippen LogP contribution is 2.36. The average Bonchev–Trinajstić information content (AvgIpc) is 3.71. The Morgan fingerprint density at radius 3 is 2.32 bits per heavy atom. The van der Waals surface area contributed by atoms with Crippen molar-refractivity contribution in [2.75, 3.05) is 32.6 Å². The maximum atomic E-state index is 11.4. The fourth-order valence-corrected chi connectivity index (χ4v) is 4.88. The van der Waals surface area contributed by atoms with Gasteiger partial charge in [-0.1, -0.05) is 49.4 Å². The number of aromatic amines is 1. The van der Waals surface area contributed by atoms with E-state index >= 15 is 0 Å². The third-order valence-electron chi connectivity index (χ3n) is 7.72. The summed E-state index contributed by atoms with van der Waals surface area (Å²) in [6.07, 6.45) is 4.52. The van der Waals surface area contributed by atoms with Crippen LogP contribution in [0, 0.1) is 5.92 Å². The highest BCUT2D eigenvalue weighted by atomic mass is 16.5. The Labute approximate surface area is 219 Å². The van der Waals surface area contributed by atoms with Gasteiger partial charge in [0.15, 0.2) is 0 Å². The number of piperidine rings is 1. The molecule has 1 amide bonds. The van der Waals surface area contributed by atoms with Gasteiger partial charge in [-0.3, -0.25) is 9.89 Å². The van der Waals surface area contributed by atoms with Crippen LogP contribution in [0.25, 0.3) is 22.2 Å². The summed E-state index contributed by atoms with van der Waals surface area (Å²) in [5.41, 5.74) is 5.91. The summed E-state index contributed by atoms with van der Waals surface area (Å²) in [7, 11) is 3.84. The maximum absolute atomic E-state index is 11.4. The Morgan fingerprint density at radius 1 is 1.00 bits per heavy atom. The molecular weight excluding hydrogens is 460 g/mol. The van der Waals surface area contributed by atoms with E-state index in [1.165, 1.54) is 42.4 Å². The standard InChI is InChI=1S/C20H23N3.C11H13NO2/c1-20(11-13-23(2)14-12-20)16-9-7-15(8-10-16)19-17-5-3-4-6-18(17)21-22-19;1-14-10-6-4-9(5-7-10)12-11(13)8-2-3-8/h3-10H,11-14H2,1-2H3,(H,21,22);4-8H,2-3H2,1H3,(H,12,13). The first kappa shape index (κ1) is 25.0. The number of aromatic nitrogens is 2. The Bertz CT molecular complexity index is 1330. The predicted octanol–water partition coefficient (Wildman–Crippen LogP) is 6.26. The molecule has 0 spiro atoms. The summed E-state index contributed by atoms with van der Waals surface area (Å²) in [6, 6.07) is 24.7. The SMILES string of the molecule is CN1CCC(C)(c2ccc(-c3n[nH]c4ccccc34)cc2)CC1.COc1ccc(NC(=O)C2CC2)cc1. The van der Waals surface area contributed by atoms with Crippen molar-refractivity contribution in [1.29, 1.82) is 0 Å². The molecule has 6 rings (SSSR count). The largest absolute Gasteiger partial charge is 0.497 e. The Kier molecular flexibility index (Phi) is 7.28. The van der Waals surface area contributed by atoms with Crippen molar-refractivity contribution in [1.82, 2.24) is 15.1 Å². The predicted molar refractivity (Wildman–Crippen MR) is 150 cm³/mol. The van der Waals surface area contributed by atoms with Gasteiger partial charge in [-0.05, 0) is 87.1 Å². The maximum Gasteiger partial charge on any atom is 0.227 e. The second-order valence-corrected chi connectivity index (χ2v) is 10.6. The molecule has 2 N–H and O–H groups in total. The highest BCUT2D eigenvalue weighted by Gasteiger charge is 2.31. The third-order valence-corrected chi connectivity index (χ3v) is 7.72. The molecule has 2 aliphatic rings. The van der Waals surface area contributed by atoms with E-state index < -0.39 is 0 Å². The van der Waals surface area contributed by atoms with Crippen LogP contribution in [-0.2, 0) is 10.2 Å². The minimum absolute atomic E-state index is 0.134. The van der Waals surface area contributed by atoms with Crippen molar-refractivity contribution in [2.24, 2.45) is 5.92 Å². The van der Waals surface area contributed by atoms with Gasteiger partial charge in [0.2, 0.25) is 5.91 Å². The van der Waals surface area contributed by atoms with Crippen molar-refractivity contribution in [3.05, 3.63) is 78.4 Å². The smallest absolute Gasteiger partial charge is 0.227 e. The van der Waals surface area contributed by atoms with E-state index in [1.54, 1.807) is 7.11 Å². The molecule has 37 heavy (non-hydrogen) atoms. The zero-order valence-corrected chi connectivity index (χ0v) is 22.0. The zero-order chi connectivity index (χ0) is 25.8. The molecule has 0 bridgehead atoms. The van der Waals surface area contributed by atoms with Crippen LogP contribution in [0.15, 0.2) is 72.8 Å². The topological polar surface area (TPSA) is 70.2 Å². The van der Waals surface area contributed by atoms with E-state index in [1.807, 2.05) is 30.3 Å². The minimum Gasteiger partial charge on any atom is -0.497 e. The number of benzene rings is 3. The molecule has 2 heterocycles. The van der Waals surface area contributed by atoms with Crippen molar-refractivity contribution in [2.45, 2.75) is 38.0 Å². The van der Waals surface area contributed by atoms with Crippen molar-refractivity contribution >= 4 is 22.5 Å². The van der Waals surface area contributed by atoms with Crippen LogP contribution in [0.2, 0.25) is 0 Å². The number of nitrogens with zero attached hydrogens (tertiary/aromatic N) is 2. The van der Waals surface area contributed by atoms with Crippen LogP contribution in [0.1, 0.15) is 38.2 Å². The van der Waals surface area contributed by atoms with Crippen molar-refractivity contribution in [3.63, 3.8) is 0 Å². The van der Waals surface area contributed by atoms with E-state index in [0.29, 0.717) is 5.41 Å². The molecular formula is C31H36N4O2. The average molecular weight is 497 g/mol. The second kappa shape index (κ2) is 10.8. The molecule has 1 saturated carbocycles. The first-order valence-electron chi connectivity index (χ1n) is 13.1. The first-order valence-corrected chi connectivity index (χ1v) is 13.1. The van der Waals surface area contributed by atoms with Crippen LogP contribution in [0.3, 0.4) is 0 Å². The lowest BCUT2D eigenvalue weighted by Gasteiger charge is -2.38. The number of carbonyl (C=O) groups is 1. The second-order valence-electron chi connectivity index (χ2n) is 10.6. The normalized spacial score (nSPS) is 17.1. The zero-order valence-electron chi connectivity index (χ0n) is 22.0. The Hall–Kier alpha value is -3.64. The molecule has 192 valence electrons. The highest BCUT2D eigenvalue weighted by molar-refractivity contribution is 5.94. The Morgan fingerprint density at radius 2 is 1.68 bits per heavy atom. The number of carbonyl (C=O) groups excluding carboxylic acids is 1. The summed E-state index contributed by atoms with van der Waals surface area (Å²) < 4.78 is 5.02. The van der Waals surface area contributed by atoms with E-state index in [0.717, 1.165) is 35.5 Å². The molecule has 6 heteroatoms. The number of hydrogen-bond donors (Lipinski definition) is 2. The van der Waals surface area contributed by atoms with Gasteiger partial charge in [-0.15, -0.1) is 0 Å². The summed E-state index contributed by atoms with van der Waals surface area (Å²) in [4.78, 5) is 13.8. The van der Waals surface area contributed by atoms with Gasteiger partial charge in [0.05, 0.1) is 18.3 Å². The van der Waals surface area contributed by atoms with Crippen LogP contribution < -0.4 is 10.1 Å². The van der Waals surface area contributed by atoms with Crippen LogP contribution in [-0.4, -0.2) is 48.3 Å². The van der Waals surface area contributed by atoms with Gasteiger partial charge in [0.25, 0.3) is 0 Å². The number of hydrogen-bond acceptors (Lipinski definition) is 4. The number of amides is 1. The monoisotopic (exact) mass is 496 g/mol. The van der Waals surface area contributed by atoms with Crippen LogP contribution in [0.4, 0.5) is 5.69 Å². The first-order chi connectivity index (χ1) is 17.9. The van der Waals surface area contributed by atoms with Gasteiger partial charge < -0.3 is 15.0 Å². The number of H-pyrrole nitrogens is 1. The number of methoxy groups -OCH3 is 1. The number of anilines is 1. The number of para-hydroxylation sites is 1. The van der Waals surface area contributed by atoms with Gasteiger partial charge in [-0.25, -0.2) is 0 Å². The lowest BCUT2D eigenvalue weighted by molar-refractivity contribution is -0.117. The van der Waals surface area contributed by atoms with Gasteiger partial charge in [-0.2, -0.15) is 5.10 Å². The number of fused-ring (bicyclic) bond motifs is 1. The molecule has 4 aromatic rings. The summed E-state index contributed by atoms with van der Waals surface area (Å²) >= 11 is 0. The molecule has 0 atom stereocenters.